The molecular formula is C21H29NO2. The molecule has 2 aromatic carbocycles. The van der Waals surface area contributed by atoms with Gasteiger partial charge in [-0.3, -0.25) is 0 Å². The summed E-state index contributed by atoms with van der Waals surface area (Å²) in [6, 6.07) is 11.3. The molecule has 130 valence electrons. The summed E-state index contributed by atoms with van der Waals surface area (Å²) in [7, 11) is 0. The van der Waals surface area contributed by atoms with Gasteiger partial charge in [-0.05, 0) is 29.0 Å². The van der Waals surface area contributed by atoms with Crippen LogP contribution in [0, 0.1) is 0 Å². The molecule has 0 saturated heterocycles. The van der Waals surface area contributed by atoms with Crippen LogP contribution in [-0.2, 0) is 17.4 Å². The van der Waals surface area contributed by atoms with Crippen molar-refractivity contribution in [1.29, 1.82) is 0 Å². The largest absolute Gasteiger partial charge is 0.508 e. The van der Waals surface area contributed by atoms with Crippen LogP contribution in [0.2, 0.25) is 0 Å². The Labute approximate surface area is 145 Å². The van der Waals surface area contributed by atoms with Gasteiger partial charge in [-0.25, -0.2) is 0 Å². The second-order valence-electron chi connectivity index (χ2n) is 8.40. The van der Waals surface area contributed by atoms with Crippen LogP contribution in [0.5, 0.6) is 11.5 Å². The van der Waals surface area contributed by atoms with Crippen LogP contribution >= 0.6 is 0 Å². The molecule has 0 heterocycles. The first kappa shape index (κ1) is 18.2. The van der Waals surface area contributed by atoms with Crippen LogP contribution < -0.4 is 5.32 Å². The molecule has 0 aliphatic carbocycles. The fourth-order valence-electron chi connectivity index (χ4n) is 2.74. The molecule has 0 bridgehead atoms. The number of anilines is 1. The Morgan fingerprint density at radius 1 is 0.833 bits per heavy atom. The quantitative estimate of drug-likeness (QED) is 0.670. The van der Waals surface area contributed by atoms with Crippen molar-refractivity contribution in [2.24, 2.45) is 0 Å². The molecule has 0 aliphatic rings. The maximum absolute atomic E-state index is 10.7. The molecule has 0 aromatic heterocycles. The average Bonchev–Trinajstić information content (AvgIpc) is 2.45. The summed E-state index contributed by atoms with van der Waals surface area (Å²) >= 11 is 0. The summed E-state index contributed by atoms with van der Waals surface area (Å²) in [4.78, 5) is 0. The molecule has 2 rings (SSSR count). The molecule has 0 fully saturated rings. The molecule has 0 saturated carbocycles. The van der Waals surface area contributed by atoms with E-state index in [9.17, 15) is 10.2 Å². The number of hydrogen-bond donors (Lipinski definition) is 3. The van der Waals surface area contributed by atoms with E-state index < -0.39 is 0 Å². The molecule has 0 amide bonds. The zero-order valence-corrected chi connectivity index (χ0v) is 15.6. The summed E-state index contributed by atoms with van der Waals surface area (Å²) in [5, 5.41) is 24.0. The fourth-order valence-corrected chi connectivity index (χ4v) is 2.74. The van der Waals surface area contributed by atoms with Crippen LogP contribution in [0.4, 0.5) is 5.69 Å². The molecule has 3 heteroatoms. The van der Waals surface area contributed by atoms with E-state index in [-0.39, 0.29) is 16.6 Å². The number of phenols is 2. The summed E-state index contributed by atoms with van der Waals surface area (Å²) in [5.41, 5.74) is 3.34. The van der Waals surface area contributed by atoms with Gasteiger partial charge >= 0.3 is 0 Å². The summed E-state index contributed by atoms with van der Waals surface area (Å²) in [6.07, 6.45) is 0. The van der Waals surface area contributed by atoms with E-state index in [1.165, 1.54) is 0 Å². The lowest BCUT2D eigenvalue weighted by Gasteiger charge is -2.28. The summed E-state index contributed by atoms with van der Waals surface area (Å²) < 4.78 is 0. The number of para-hydroxylation sites is 1. The fraction of sp³-hybridized carbons (Fsp3) is 0.429. The van der Waals surface area contributed by atoms with Gasteiger partial charge < -0.3 is 15.5 Å². The Morgan fingerprint density at radius 3 is 1.79 bits per heavy atom. The van der Waals surface area contributed by atoms with Gasteiger partial charge in [0.2, 0.25) is 0 Å². The van der Waals surface area contributed by atoms with Crippen molar-refractivity contribution in [3.05, 3.63) is 53.1 Å². The molecular weight excluding hydrogens is 298 g/mol. The predicted octanol–water partition coefficient (Wildman–Crippen LogP) is 5.30. The van der Waals surface area contributed by atoms with Gasteiger partial charge in [0.25, 0.3) is 0 Å². The maximum atomic E-state index is 10.7. The monoisotopic (exact) mass is 327 g/mol. The number of hydrogen-bond acceptors (Lipinski definition) is 3. The first-order chi connectivity index (χ1) is 11.0. The van der Waals surface area contributed by atoms with E-state index in [4.69, 9.17) is 0 Å². The Balaban J connectivity index is 2.41. The third kappa shape index (κ3) is 4.02. The van der Waals surface area contributed by atoms with Gasteiger partial charge in [-0.1, -0.05) is 59.7 Å². The van der Waals surface area contributed by atoms with Crippen LogP contribution in [0.1, 0.15) is 58.2 Å². The summed E-state index contributed by atoms with van der Waals surface area (Å²) in [5.74, 6) is 0.666. The molecule has 0 aliphatic heterocycles. The van der Waals surface area contributed by atoms with Gasteiger partial charge in [0.1, 0.15) is 11.5 Å². The Hall–Kier alpha value is -2.16. The lowest BCUT2D eigenvalue weighted by atomic mass is 9.79. The average molecular weight is 327 g/mol. The highest BCUT2D eigenvalue weighted by molar-refractivity contribution is 5.59. The minimum absolute atomic E-state index is 0.156. The molecule has 3 nitrogen and oxygen atoms in total. The van der Waals surface area contributed by atoms with Crippen molar-refractivity contribution in [2.45, 2.75) is 58.9 Å². The van der Waals surface area contributed by atoms with Gasteiger partial charge in [0.15, 0.2) is 0 Å². The highest BCUT2D eigenvalue weighted by atomic mass is 16.3. The standard InChI is InChI=1S/C21H29NO2/c1-20(2,3)16-11-15(12-17(19(16)24)21(4,5)6)22-13-14-9-7-8-10-18(14)23/h7-12,22-24H,13H2,1-6H3. The molecule has 0 radical (unpaired) electrons. The number of benzene rings is 2. The SMILES string of the molecule is CC(C)(C)c1cc(NCc2ccccc2O)cc(C(C)(C)C)c1O. The Morgan fingerprint density at radius 2 is 1.33 bits per heavy atom. The number of aromatic hydroxyl groups is 2. The number of nitrogens with one attached hydrogen (secondary N) is 1. The van der Waals surface area contributed by atoms with Gasteiger partial charge in [-0.2, -0.15) is 0 Å². The van der Waals surface area contributed by atoms with Crippen LogP contribution in [-0.4, -0.2) is 10.2 Å². The van der Waals surface area contributed by atoms with Crippen molar-refractivity contribution in [3.8, 4) is 11.5 Å². The molecule has 0 spiro atoms. The van der Waals surface area contributed by atoms with Crippen molar-refractivity contribution >= 4 is 5.69 Å². The van der Waals surface area contributed by atoms with E-state index in [1.54, 1.807) is 6.07 Å². The van der Waals surface area contributed by atoms with Crippen molar-refractivity contribution in [2.75, 3.05) is 5.32 Å². The molecule has 0 atom stereocenters. The minimum Gasteiger partial charge on any atom is -0.508 e. The first-order valence-electron chi connectivity index (χ1n) is 8.39. The van der Waals surface area contributed by atoms with E-state index in [2.05, 4.69) is 46.9 Å². The predicted molar refractivity (Wildman–Crippen MR) is 101 cm³/mol. The van der Waals surface area contributed by atoms with Crippen LogP contribution in [0.25, 0.3) is 0 Å². The van der Waals surface area contributed by atoms with Crippen molar-refractivity contribution in [3.63, 3.8) is 0 Å². The third-order valence-corrected chi connectivity index (χ3v) is 4.20. The molecule has 0 unspecified atom stereocenters. The highest BCUT2D eigenvalue weighted by Crippen LogP contribution is 2.41. The zero-order valence-electron chi connectivity index (χ0n) is 15.6. The van der Waals surface area contributed by atoms with E-state index >= 15 is 0 Å². The molecule has 24 heavy (non-hydrogen) atoms. The normalized spacial score (nSPS) is 12.2. The second kappa shape index (κ2) is 6.39. The lowest BCUT2D eigenvalue weighted by molar-refractivity contribution is 0.423. The smallest absolute Gasteiger partial charge is 0.123 e. The summed E-state index contributed by atoms with van der Waals surface area (Å²) in [6.45, 7) is 13.1. The van der Waals surface area contributed by atoms with Crippen molar-refractivity contribution in [1.82, 2.24) is 0 Å². The first-order valence-corrected chi connectivity index (χ1v) is 8.39. The molecule has 2 aromatic rings. The maximum Gasteiger partial charge on any atom is 0.123 e. The number of phenolic OH excluding ortho intramolecular Hbond substituents is 2. The topological polar surface area (TPSA) is 52.5 Å². The second-order valence-corrected chi connectivity index (χ2v) is 8.40. The van der Waals surface area contributed by atoms with Crippen LogP contribution in [0.15, 0.2) is 36.4 Å². The molecule has 3 N–H and O–H groups in total. The van der Waals surface area contributed by atoms with Gasteiger partial charge in [-0.15, -0.1) is 0 Å². The van der Waals surface area contributed by atoms with Gasteiger partial charge in [0.05, 0.1) is 0 Å². The van der Waals surface area contributed by atoms with Crippen LogP contribution in [0.3, 0.4) is 0 Å². The van der Waals surface area contributed by atoms with E-state index in [0.29, 0.717) is 12.3 Å². The van der Waals surface area contributed by atoms with Crippen molar-refractivity contribution < 1.29 is 10.2 Å². The zero-order chi connectivity index (χ0) is 18.1. The Kier molecular flexibility index (Phi) is 4.84. The van der Waals surface area contributed by atoms with E-state index in [1.807, 2.05) is 30.3 Å². The van der Waals surface area contributed by atoms with Gasteiger partial charge in [0, 0.05) is 28.9 Å². The Bertz CT molecular complexity index is 686. The third-order valence-electron chi connectivity index (χ3n) is 4.20. The highest BCUT2D eigenvalue weighted by Gasteiger charge is 2.26. The lowest BCUT2D eigenvalue weighted by Crippen LogP contribution is -2.18. The number of rotatable bonds is 3. The van der Waals surface area contributed by atoms with E-state index in [0.717, 1.165) is 22.4 Å². The minimum atomic E-state index is -0.156.